The minimum absolute atomic E-state index is 0.165. The molecule has 0 aliphatic rings. The zero-order chi connectivity index (χ0) is 23.2. The van der Waals surface area contributed by atoms with Crippen LogP contribution in [0, 0.1) is 0 Å². The summed E-state index contributed by atoms with van der Waals surface area (Å²) in [5, 5.41) is 2.72. The molecule has 1 N–H and O–H groups in total. The van der Waals surface area contributed by atoms with Crippen molar-refractivity contribution in [2.75, 3.05) is 23.7 Å². The molecule has 0 heterocycles. The van der Waals surface area contributed by atoms with Crippen molar-refractivity contribution in [3.8, 4) is 0 Å². The predicted octanol–water partition coefficient (Wildman–Crippen LogP) is 3.53. The normalized spacial score (nSPS) is 12.2. The Labute approximate surface area is 200 Å². The van der Waals surface area contributed by atoms with E-state index in [1.165, 1.54) is 4.90 Å². The number of para-hydroxylation sites is 1. The number of benzene rings is 2. The zero-order valence-corrected chi connectivity index (χ0v) is 21.5. The van der Waals surface area contributed by atoms with Crippen LogP contribution in [-0.4, -0.2) is 50.5 Å². The number of carbonyl (C=O) groups is 2. The largest absolute Gasteiger partial charge is 0.355 e. The van der Waals surface area contributed by atoms with Crippen molar-refractivity contribution >= 4 is 59.4 Å². The molecule has 0 aliphatic heterocycles. The molecule has 0 spiro atoms. The first-order chi connectivity index (χ1) is 14.5. The predicted molar refractivity (Wildman–Crippen MR) is 129 cm³/mol. The van der Waals surface area contributed by atoms with Crippen molar-refractivity contribution in [1.29, 1.82) is 0 Å². The molecule has 0 radical (unpaired) electrons. The second-order valence-corrected chi connectivity index (χ2v) is 10.6. The maximum Gasteiger partial charge on any atom is 0.244 e. The van der Waals surface area contributed by atoms with Gasteiger partial charge in [0.1, 0.15) is 12.6 Å². The Bertz CT molecular complexity index is 1030. The topological polar surface area (TPSA) is 86.8 Å². The molecule has 2 amide bonds. The lowest BCUT2D eigenvalue weighted by Crippen LogP contribution is -2.51. The molecule has 10 heteroatoms. The highest BCUT2D eigenvalue weighted by atomic mass is 79.9. The summed E-state index contributed by atoms with van der Waals surface area (Å²) in [7, 11) is -3.75. The van der Waals surface area contributed by atoms with E-state index < -0.39 is 28.5 Å². The van der Waals surface area contributed by atoms with Gasteiger partial charge < -0.3 is 10.2 Å². The highest BCUT2D eigenvalue weighted by Gasteiger charge is 2.30. The molecule has 0 unspecified atom stereocenters. The summed E-state index contributed by atoms with van der Waals surface area (Å²) >= 11 is 6.73. The monoisotopic (exact) mass is 573 g/mol. The van der Waals surface area contributed by atoms with Crippen LogP contribution in [0.3, 0.4) is 0 Å². The van der Waals surface area contributed by atoms with Crippen LogP contribution in [0.2, 0.25) is 0 Å². The molecule has 1 atom stereocenters. The summed E-state index contributed by atoms with van der Waals surface area (Å²) in [6, 6.07) is 13.4. The van der Waals surface area contributed by atoms with Crippen LogP contribution >= 0.6 is 31.9 Å². The lowest BCUT2D eigenvalue weighted by molar-refractivity contribution is -0.139. The first-order valence-corrected chi connectivity index (χ1v) is 13.0. The number of carbonyl (C=O) groups excluding carboxylic acids is 2. The molecular weight excluding hydrogens is 550 g/mol. The van der Waals surface area contributed by atoms with Gasteiger partial charge in [-0.3, -0.25) is 13.9 Å². The van der Waals surface area contributed by atoms with Gasteiger partial charge >= 0.3 is 0 Å². The fourth-order valence-electron chi connectivity index (χ4n) is 2.94. The molecule has 0 bridgehead atoms. The Morgan fingerprint density at radius 1 is 1.06 bits per heavy atom. The molecule has 0 saturated carbocycles. The van der Waals surface area contributed by atoms with Gasteiger partial charge in [0, 0.05) is 22.0 Å². The summed E-state index contributed by atoms with van der Waals surface area (Å²) in [6.45, 7) is 3.59. The zero-order valence-electron chi connectivity index (χ0n) is 17.5. The lowest BCUT2D eigenvalue weighted by Gasteiger charge is -2.31. The fourth-order valence-corrected chi connectivity index (χ4v) is 4.68. The number of halogens is 2. The molecular formula is C21H25Br2N3O4S. The number of nitrogens with zero attached hydrogens (tertiary/aromatic N) is 2. The van der Waals surface area contributed by atoms with Gasteiger partial charge in [0.05, 0.1) is 11.9 Å². The molecule has 0 aliphatic carbocycles. The number of likely N-dealkylation sites (N-methyl/N-ethyl adjacent to an activating group) is 1. The third kappa shape index (κ3) is 7.05. The van der Waals surface area contributed by atoms with Crippen molar-refractivity contribution in [3.05, 3.63) is 63.0 Å². The smallest absolute Gasteiger partial charge is 0.244 e. The van der Waals surface area contributed by atoms with Gasteiger partial charge in [-0.25, -0.2) is 8.42 Å². The third-order valence-electron chi connectivity index (χ3n) is 4.58. The minimum Gasteiger partial charge on any atom is -0.355 e. The standard InChI is InChI=1S/C21H25Br2N3O4S/c1-4-24-21(28)15(2)25(13-16-9-11-17(22)12-10-16)20(27)14-26(31(3,29)30)19-8-6-5-7-18(19)23/h5-12,15H,4,13-14H2,1-3H3,(H,24,28)/t15-/m1/s1. The number of nitrogens with one attached hydrogen (secondary N) is 1. The fraction of sp³-hybridized carbons (Fsp3) is 0.333. The van der Waals surface area contributed by atoms with Crippen LogP contribution in [0.25, 0.3) is 0 Å². The quantitative estimate of drug-likeness (QED) is 0.496. The Morgan fingerprint density at radius 2 is 1.68 bits per heavy atom. The lowest BCUT2D eigenvalue weighted by atomic mass is 10.1. The molecule has 0 saturated heterocycles. The average molecular weight is 575 g/mol. The van der Waals surface area contributed by atoms with Crippen LogP contribution in [0.15, 0.2) is 57.5 Å². The second-order valence-electron chi connectivity index (χ2n) is 6.94. The summed E-state index contributed by atoms with van der Waals surface area (Å²) in [5.41, 5.74) is 1.17. The first-order valence-electron chi connectivity index (χ1n) is 9.58. The van der Waals surface area contributed by atoms with E-state index in [1.807, 2.05) is 24.3 Å². The van der Waals surface area contributed by atoms with Gasteiger partial charge in [-0.1, -0.05) is 40.2 Å². The van der Waals surface area contributed by atoms with E-state index in [1.54, 1.807) is 38.1 Å². The highest BCUT2D eigenvalue weighted by Crippen LogP contribution is 2.28. The van der Waals surface area contributed by atoms with Gasteiger partial charge in [-0.05, 0) is 59.6 Å². The van der Waals surface area contributed by atoms with Crippen LogP contribution in [0.5, 0.6) is 0 Å². The molecule has 2 rings (SSSR count). The Balaban J connectivity index is 2.38. The molecule has 0 fully saturated rings. The minimum atomic E-state index is -3.75. The van der Waals surface area contributed by atoms with E-state index in [9.17, 15) is 18.0 Å². The molecule has 0 aromatic heterocycles. The maximum absolute atomic E-state index is 13.3. The van der Waals surface area contributed by atoms with Crippen molar-refractivity contribution < 1.29 is 18.0 Å². The number of sulfonamides is 1. The highest BCUT2D eigenvalue weighted by molar-refractivity contribution is 9.10. The van der Waals surface area contributed by atoms with E-state index in [0.717, 1.165) is 20.6 Å². The van der Waals surface area contributed by atoms with Gasteiger partial charge in [0.2, 0.25) is 21.8 Å². The number of anilines is 1. The Kier molecular flexibility index (Phi) is 9.08. The number of hydrogen-bond donors (Lipinski definition) is 1. The van der Waals surface area contributed by atoms with E-state index in [2.05, 4.69) is 37.2 Å². The summed E-state index contributed by atoms with van der Waals surface area (Å²) < 4.78 is 27.5. The van der Waals surface area contributed by atoms with Crippen molar-refractivity contribution in [3.63, 3.8) is 0 Å². The van der Waals surface area contributed by atoms with E-state index in [4.69, 9.17) is 0 Å². The second kappa shape index (κ2) is 11.1. The van der Waals surface area contributed by atoms with Gasteiger partial charge in [0.15, 0.2) is 0 Å². The van der Waals surface area contributed by atoms with Gasteiger partial charge in [-0.15, -0.1) is 0 Å². The van der Waals surface area contributed by atoms with Crippen LogP contribution < -0.4 is 9.62 Å². The number of amides is 2. The Morgan fingerprint density at radius 3 is 2.23 bits per heavy atom. The molecule has 2 aromatic rings. The van der Waals surface area contributed by atoms with Crippen LogP contribution in [-0.2, 0) is 26.2 Å². The molecule has 31 heavy (non-hydrogen) atoms. The summed E-state index contributed by atoms with van der Waals surface area (Å²) in [4.78, 5) is 27.2. The average Bonchev–Trinajstić information content (AvgIpc) is 2.71. The SMILES string of the molecule is CCNC(=O)[C@@H](C)N(Cc1ccc(Br)cc1)C(=O)CN(c1ccccc1Br)S(C)(=O)=O. The first kappa shape index (κ1) is 25.4. The van der Waals surface area contributed by atoms with Gasteiger partial charge in [-0.2, -0.15) is 0 Å². The van der Waals surface area contributed by atoms with Crippen LogP contribution in [0.4, 0.5) is 5.69 Å². The Hall–Kier alpha value is -1.91. The third-order valence-corrected chi connectivity index (χ3v) is 6.91. The maximum atomic E-state index is 13.3. The van der Waals surface area contributed by atoms with Crippen molar-refractivity contribution in [1.82, 2.24) is 10.2 Å². The van der Waals surface area contributed by atoms with Gasteiger partial charge in [0.25, 0.3) is 0 Å². The van der Waals surface area contributed by atoms with Crippen molar-refractivity contribution in [2.45, 2.75) is 26.4 Å². The van der Waals surface area contributed by atoms with E-state index >= 15 is 0 Å². The van der Waals surface area contributed by atoms with E-state index in [-0.39, 0.29) is 12.5 Å². The molecule has 7 nitrogen and oxygen atoms in total. The summed E-state index contributed by atoms with van der Waals surface area (Å²) in [5.74, 6) is -0.789. The molecule has 168 valence electrons. The number of rotatable bonds is 9. The summed E-state index contributed by atoms with van der Waals surface area (Å²) in [6.07, 6.45) is 1.05. The van der Waals surface area contributed by atoms with E-state index in [0.29, 0.717) is 16.7 Å². The number of hydrogen-bond acceptors (Lipinski definition) is 4. The van der Waals surface area contributed by atoms with Crippen molar-refractivity contribution in [2.24, 2.45) is 0 Å². The van der Waals surface area contributed by atoms with Crippen LogP contribution in [0.1, 0.15) is 19.4 Å². The molecule has 2 aromatic carbocycles.